The van der Waals surface area contributed by atoms with Crippen LogP contribution < -0.4 is 10.1 Å². The van der Waals surface area contributed by atoms with E-state index in [4.69, 9.17) is 4.74 Å². The van der Waals surface area contributed by atoms with Crippen LogP contribution >= 0.6 is 0 Å². The topological polar surface area (TPSA) is 41.6 Å². The lowest BCUT2D eigenvalue weighted by molar-refractivity contribution is -0.132. The highest BCUT2D eigenvalue weighted by atomic mass is 19.1. The van der Waals surface area contributed by atoms with Crippen molar-refractivity contribution in [2.45, 2.75) is 38.0 Å². The van der Waals surface area contributed by atoms with Crippen LogP contribution in [0.3, 0.4) is 0 Å². The summed E-state index contributed by atoms with van der Waals surface area (Å²) >= 11 is 0. The number of likely N-dealkylation sites (N-methyl/N-ethyl adjacent to an activating group) is 1. The Morgan fingerprint density at radius 3 is 2.80 bits per heavy atom. The highest BCUT2D eigenvalue weighted by Gasteiger charge is 2.31. The van der Waals surface area contributed by atoms with Gasteiger partial charge in [-0.1, -0.05) is 0 Å². The van der Waals surface area contributed by atoms with Crippen molar-refractivity contribution >= 4 is 5.91 Å². The molecule has 0 radical (unpaired) electrons. The van der Waals surface area contributed by atoms with Crippen molar-refractivity contribution in [2.75, 3.05) is 13.6 Å². The molecular formula is C15H19FN2O2. The van der Waals surface area contributed by atoms with E-state index in [-0.39, 0.29) is 11.7 Å². The number of hydrogen-bond donors (Lipinski definition) is 1. The molecule has 1 atom stereocenters. The summed E-state index contributed by atoms with van der Waals surface area (Å²) < 4.78 is 19.3. The first-order valence-electron chi connectivity index (χ1n) is 7.06. The van der Waals surface area contributed by atoms with Gasteiger partial charge < -0.3 is 15.0 Å². The molecule has 0 spiro atoms. The summed E-state index contributed by atoms with van der Waals surface area (Å²) in [6.45, 7) is 1.33. The highest BCUT2D eigenvalue weighted by molar-refractivity contribution is 5.83. The van der Waals surface area contributed by atoms with Crippen molar-refractivity contribution in [3.8, 4) is 5.75 Å². The van der Waals surface area contributed by atoms with Crippen molar-refractivity contribution in [3.63, 3.8) is 0 Å². The van der Waals surface area contributed by atoms with E-state index in [1.807, 2.05) is 6.07 Å². The van der Waals surface area contributed by atoms with Crippen molar-refractivity contribution < 1.29 is 13.9 Å². The molecule has 20 heavy (non-hydrogen) atoms. The van der Waals surface area contributed by atoms with E-state index >= 15 is 0 Å². The van der Waals surface area contributed by atoms with Crippen molar-refractivity contribution in [1.82, 2.24) is 10.2 Å². The third-order valence-corrected chi connectivity index (χ3v) is 3.76. The molecule has 2 aliphatic rings. The summed E-state index contributed by atoms with van der Waals surface area (Å²) in [7, 11) is 1.75. The summed E-state index contributed by atoms with van der Waals surface area (Å²) in [5, 5.41) is 3.34. The number of carbonyl (C=O) groups excluding carboxylic acids is 1. The lowest BCUT2D eigenvalue weighted by Gasteiger charge is -2.14. The van der Waals surface area contributed by atoms with Crippen LogP contribution in [0.1, 0.15) is 24.8 Å². The van der Waals surface area contributed by atoms with Gasteiger partial charge in [0.1, 0.15) is 11.6 Å². The SMILES string of the molecule is CN1CCC(Oc2cc(F)cc(CNC3CC3)c2)C1=O. The molecule has 1 aliphatic heterocycles. The van der Waals surface area contributed by atoms with Crippen LogP contribution in [0.2, 0.25) is 0 Å². The van der Waals surface area contributed by atoms with E-state index in [2.05, 4.69) is 5.32 Å². The molecule has 0 aromatic heterocycles. The Morgan fingerprint density at radius 1 is 1.35 bits per heavy atom. The van der Waals surface area contributed by atoms with Crippen LogP contribution in [-0.4, -0.2) is 36.5 Å². The molecule has 1 unspecified atom stereocenters. The standard InChI is InChI=1S/C15H19FN2O2/c1-18-5-4-14(15(18)19)20-13-7-10(6-11(16)8-13)9-17-12-2-3-12/h6-8,12,14,17H,2-5,9H2,1H3. The molecule has 3 rings (SSSR count). The smallest absolute Gasteiger partial charge is 0.263 e. The number of rotatable bonds is 5. The van der Waals surface area contributed by atoms with E-state index in [0.29, 0.717) is 31.3 Å². The van der Waals surface area contributed by atoms with Crippen molar-refractivity contribution in [1.29, 1.82) is 0 Å². The zero-order chi connectivity index (χ0) is 14.1. The highest BCUT2D eigenvalue weighted by Crippen LogP contribution is 2.23. The van der Waals surface area contributed by atoms with E-state index in [9.17, 15) is 9.18 Å². The van der Waals surface area contributed by atoms with Gasteiger partial charge in [-0.05, 0) is 30.5 Å². The summed E-state index contributed by atoms with van der Waals surface area (Å²) in [5.74, 6) is 0.0760. The number of benzene rings is 1. The molecule has 1 aliphatic carbocycles. The van der Waals surface area contributed by atoms with Gasteiger partial charge in [0.25, 0.3) is 5.91 Å². The third kappa shape index (κ3) is 3.10. The summed E-state index contributed by atoms with van der Waals surface area (Å²) in [5.41, 5.74) is 0.853. The molecule has 1 N–H and O–H groups in total. The Bertz CT molecular complexity index is 517. The van der Waals surface area contributed by atoms with Crippen LogP contribution in [0.15, 0.2) is 18.2 Å². The molecule has 108 valence electrons. The van der Waals surface area contributed by atoms with Gasteiger partial charge in [0.15, 0.2) is 6.10 Å². The minimum Gasteiger partial charge on any atom is -0.480 e. The van der Waals surface area contributed by atoms with Crippen molar-refractivity contribution in [3.05, 3.63) is 29.6 Å². The molecule has 1 aromatic rings. The number of hydrogen-bond acceptors (Lipinski definition) is 3. The molecule has 4 nitrogen and oxygen atoms in total. The second-order valence-electron chi connectivity index (χ2n) is 5.61. The quantitative estimate of drug-likeness (QED) is 0.891. The summed E-state index contributed by atoms with van der Waals surface area (Å²) in [6.07, 6.45) is 2.57. The van der Waals surface area contributed by atoms with Gasteiger partial charge in [-0.3, -0.25) is 4.79 Å². The molecule has 1 heterocycles. The molecule has 2 fully saturated rings. The molecular weight excluding hydrogens is 259 g/mol. The monoisotopic (exact) mass is 278 g/mol. The van der Waals surface area contributed by atoms with Gasteiger partial charge in [-0.15, -0.1) is 0 Å². The molecule has 1 amide bonds. The lowest BCUT2D eigenvalue weighted by atomic mass is 10.2. The second kappa shape index (κ2) is 5.40. The fourth-order valence-electron chi connectivity index (χ4n) is 2.40. The van der Waals surface area contributed by atoms with Crippen LogP contribution in [0.4, 0.5) is 4.39 Å². The average Bonchev–Trinajstić information content (AvgIpc) is 3.18. The zero-order valence-corrected chi connectivity index (χ0v) is 11.6. The first-order valence-corrected chi connectivity index (χ1v) is 7.06. The second-order valence-corrected chi connectivity index (χ2v) is 5.61. The molecule has 0 bridgehead atoms. The molecule has 1 aromatic carbocycles. The molecule has 5 heteroatoms. The van der Waals surface area contributed by atoms with Gasteiger partial charge in [-0.25, -0.2) is 4.39 Å². The first kappa shape index (κ1) is 13.4. The fraction of sp³-hybridized carbons (Fsp3) is 0.533. The average molecular weight is 278 g/mol. The Labute approximate surface area is 117 Å². The molecule has 1 saturated heterocycles. The Hall–Kier alpha value is -1.62. The third-order valence-electron chi connectivity index (χ3n) is 3.76. The Kier molecular flexibility index (Phi) is 3.61. The zero-order valence-electron chi connectivity index (χ0n) is 11.6. The fourth-order valence-corrected chi connectivity index (χ4v) is 2.40. The number of nitrogens with one attached hydrogen (secondary N) is 1. The van der Waals surface area contributed by atoms with Crippen LogP contribution in [-0.2, 0) is 11.3 Å². The Morgan fingerprint density at radius 2 is 2.15 bits per heavy atom. The van der Waals surface area contributed by atoms with Crippen molar-refractivity contribution in [2.24, 2.45) is 0 Å². The number of halogens is 1. The number of ether oxygens (including phenoxy) is 1. The van der Waals surface area contributed by atoms with E-state index in [1.165, 1.54) is 25.0 Å². The normalized spacial score (nSPS) is 22.4. The first-order chi connectivity index (χ1) is 9.61. The van der Waals surface area contributed by atoms with Crippen LogP contribution in [0.25, 0.3) is 0 Å². The summed E-state index contributed by atoms with van der Waals surface area (Å²) in [6, 6.07) is 5.23. The van der Waals surface area contributed by atoms with Gasteiger partial charge in [0.05, 0.1) is 0 Å². The maximum absolute atomic E-state index is 13.6. The lowest BCUT2D eigenvalue weighted by Crippen LogP contribution is -2.29. The van der Waals surface area contributed by atoms with E-state index in [0.717, 1.165) is 5.56 Å². The number of amides is 1. The largest absolute Gasteiger partial charge is 0.480 e. The number of nitrogens with zero attached hydrogens (tertiary/aromatic N) is 1. The van der Waals surface area contributed by atoms with Gasteiger partial charge in [0, 0.05) is 38.7 Å². The van der Waals surface area contributed by atoms with E-state index < -0.39 is 6.10 Å². The number of carbonyl (C=O) groups is 1. The number of likely N-dealkylation sites (tertiary alicyclic amines) is 1. The van der Waals surface area contributed by atoms with Gasteiger partial charge in [0.2, 0.25) is 0 Å². The van der Waals surface area contributed by atoms with Crippen LogP contribution in [0.5, 0.6) is 5.75 Å². The summed E-state index contributed by atoms with van der Waals surface area (Å²) in [4.78, 5) is 13.4. The molecule has 1 saturated carbocycles. The predicted molar refractivity (Wildman–Crippen MR) is 72.9 cm³/mol. The minimum absolute atomic E-state index is 0.0353. The predicted octanol–water partition coefficient (Wildman–Crippen LogP) is 1.69. The van der Waals surface area contributed by atoms with Gasteiger partial charge in [-0.2, -0.15) is 0 Å². The van der Waals surface area contributed by atoms with E-state index in [1.54, 1.807) is 11.9 Å². The Balaban J connectivity index is 1.67. The van der Waals surface area contributed by atoms with Crippen LogP contribution in [0, 0.1) is 5.82 Å². The van der Waals surface area contributed by atoms with Gasteiger partial charge >= 0.3 is 0 Å². The minimum atomic E-state index is -0.481. The maximum Gasteiger partial charge on any atom is 0.263 e. The maximum atomic E-state index is 13.6.